The highest BCUT2D eigenvalue weighted by Gasteiger charge is 2.65. The van der Waals surface area contributed by atoms with Crippen molar-refractivity contribution in [2.75, 3.05) is 18.1 Å². The number of hydrogen-bond acceptors (Lipinski definition) is 8. The number of pyridine rings is 1. The molecule has 3 atom stereocenters. The van der Waals surface area contributed by atoms with E-state index in [2.05, 4.69) is 27.1 Å². The summed E-state index contributed by atoms with van der Waals surface area (Å²) >= 11 is 0. The molecule has 1 N–H and O–H groups in total. The van der Waals surface area contributed by atoms with E-state index in [9.17, 15) is 14.0 Å². The molecule has 0 spiro atoms. The van der Waals surface area contributed by atoms with Gasteiger partial charge in [0.25, 0.3) is 0 Å². The van der Waals surface area contributed by atoms with Crippen molar-refractivity contribution in [3.05, 3.63) is 53.4 Å². The predicted octanol–water partition coefficient (Wildman–Crippen LogP) is 3.83. The molecular weight excluding hydrogens is 503 g/mol. The molecule has 10 nitrogen and oxygen atoms in total. The number of piperidine rings is 1. The molecule has 1 aliphatic carbocycles. The minimum atomic E-state index is -0.634. The van der Waals surface area contributed by atoms with Crippen LogP contribution in [0.1, 0.15) is 69.1 Å². The summed E-state index contributed by atoms with van der Waals surface area (Å²) in [7, 11) is 0. The van der Waals surface area contributed by atoms with E-state index in [-0.39, 0.29) is 18.1 Å². The largest absolute Gasteiger partial charge is 0.462 e. The molecule has 204 valence electrons. The summed E-state index contributed by atoms with van der Waals surface area (Å²) in [6, 6.07) is 2.65. The quantitative estimate of drug-likeness (QED) is 0.389. The van der Waals surface area contributed by atoms with Gasteiger partial charge in [-0.1, -0.05) is 5.92 Å². The Bertz CT molecular complexity index is 1500. The summed E-state index contributed by atoms with van der Waals surface area (Å²) in [6.45, 7) is 9.64. The first-order chi connectivity index (χ1) is 18.5. The fourth-order valence-electron chi connectivity index (χ4n) is 5.26. The highest BCUT2D eigenvalue weighted by Crippen LogP contribution is 2.64. The molecule has 11 heteroatoms. The standard InChI is InChI=1S/C28H31FN6O4/c1-6-38-25(36)22-23-30-11-7-12-35(23)33-24(22)34-13-10-18-15-28(18,34)20-14-19(29)16-31-21(20)9-8-17(2)32-26(37)39-27(3,4)5/h7,11-12,14,16-18H,6,10,13,15H2,1-5H3,(H,32,37)/t17-,18?,28?/m1/s1. The number of nitrogens with one attached hydrogen (secondary N) is 1. The highest BCUT2D eigenvalue weighted by molar-refractivity contribution is 6.01. The number of aromatic nitrogens is 4. The molecule has 3 aromatic rings. The molecule has 2 fully saturated rings. The Kier molecular flexibility index (Phi) is 6.66. The molecule has 0 bridgehead atoms. The average Bonchev–Trinajstić information content (AvgIpc) is 3.27. The number of carbonyl (C=O) groups excluding carboxylic acids is 2. The Labute approximate surface area is 225 Å². The minimum absolute atomic E-state index is 0.208. The van der Waals surface area contributed by atoms with Gasteiger partial charge in [0.1, 0.15) is 22.7 Å². The van der Waals surface area contributed by atoms with Gasteiger partial charge in [-0.05, 0) is 71.4 Å². The van der Waals surface area contributed by atoms with Gasteiger partial charge in [-0.2, -0.15) is 0 Å². The Morgan fingerprint density at radius 1 is 1.33 bits per heavy atom. The number of halogens is 1. The lowest BCUT2D eigenvalue weighted by atomic mass is 9.99. The lowest BCUT2D eigenvalue weighted by molar-refractivity contribution is 0.0512. The monoisotopic (exact) mass is 534 g/mol. The average molecular weight is 535 g/mol. The van der Waals surface area contributed by atoms with Crippen LogP contribution in [0.2, 0.25) is 0 Å². The number of ether oxygens (including phenoxy) is 2. The zero-order valence-electron chi connectivity index (χ0n) is 22.6. The molecular formula is C28H31FN6O4. The van der Waals surface area contributed by atoms with Crippen LogP contribution >= 0.6 is 0 Å². The van der Waals surface area contributed by atoms with Crippen molar-refractivity contribution >= 4 is 23.5 Å². The van der Waals surface area contributed by atoms with Crippen molar-refractivity contribution in [1.82, 2.24) is 24.9 Å². The first-order valence-corrected chi connectivity index (χ1v) is 13.0. The van der Waals surface area contributed by atoms with Crippen LogP contribution < -0.4 is 10.2 Å². The van der Waals surface area contributed by atoms with E-state index in [1.165, 1.54) is 6.07 Å². The van der Waals surface area contributed by atoms with Crippen molar-refractivity contribution in [3.8, 4) is 11.8 Å². The highest BCUT2D eigenvalue weighted by atomic mass is 19.1. The zero-order chi connectivity index (χ0) is 27.9. The topological polar surface area (TPSA) is 111 Å². The van der Waals surface area contributed by atoms with Gasteiger partial charge < -0.3 is 19.7 Å². The predicted molar refractivity (Wildman–Crippen MR) is 141 cm³/mol. The van der Waals surface area contributed by atoms with E-state index in [0.29, 0.717) is 29.3 Å². The lowest BCUT2D eigenvalue weighted by Gasteiger charge is -2.30. The van der Waals surface area contributed by atoms with Crippen molar-refractivity contribution in [3.63, 3.8) is 0 Å². The number of nitrogens with zero attached hydrogens (tertiary/aromatic N) is 5. The number of rotatable bonds is 5. The number of anilines is 1. The Hall–Kier alpha value is -4.20. The van der Waals surface area contributed by atoms with Crippen molar-refractivity contribution in [2.45, 2.75) is 64.6 Å². The maximum Gasteiger partial charge on any atom is 0.408 e. The first kappa shape index (κ1) is 26.4. The maximum atomic E-state index is 14.6. The second kappa shape index (κ2) is 9.84. The summed E-state index contributed by atoms with van der Waals surface area (Å²) < 4.78 is 26.8. The van der Waals surface area contributed by atoms with E-state index in [1.807, 2.05) is 4.90 Å². The van der Waals surface area contributed by atoms with E-state index in [4.69, 9.17) is 14.6 Å². The van der Waals surface area contributed by atoms with Crippen LogP contribution in [0, 0.1) is 23.6 Å². The molecule has 1 saturated carbocycles. The van der Waals surface area contributed by atoms with Crippen LogP contribution in [-0.2, 0) is 15.0 Å². The molecule has 1 saturated heterocycles. The Morgan fingerprint density at radius 2 is 2.13 bits per heavy atom. The number of amides is 1. The third-order valence-electron chi connectivity index (χ3n) is 6.83. The number of alkyl carbamates (subject to hydrolysis) is 1. The van der Waals surface area contributed by atoms with Crippen LogP contribution in [-0.4, -0.2) is 56.4 Å². The fraction of sp³-hybridized carbons (Fsp3) is 0.464. The van der Waals surface area contributed by atoms with E-state index >= 15 is 0 Å². The van der Waals surface area contributed by atoms with Gasteiger partial charge in [-0.25, -0.2) is 28.5 Å². The van der Waals surface area contributed by atoms with Gasteiger partial charge in [0.05, 0.1) is 24.4 Å². The summed E-state index contributed by atoms with van der Waals surface area (Å²) in [5.74, 6) is 5.69. The molecule has 4 heterocycles. The Morgan fingerprint density at radius 3 is 2.85 bits per heavy atom. The number of esters is 1. The van der Waals surface area contributed by atoms with Crippen molar-refractivity contribution in [1.29, 1.82) is 0 Å². The second-order valence-corrected chi connectivity index (χ2v) is 10.8. The molecule has 5 rings (SSSR count). The summed E-state index contributed by atoms with van der Waals surface area (Å²) in [6.07, 6.45) is 5.45. The van der Waals surface area contributed by atoms with Gasteiger partial charge in [0.15, 0.2) is 11.5 Å². The van der Waals surface area contributed by atoms with Gasteiger partial charge in [0, 0.05) is 24.5 Å². The third kappa shape index (κ3) is 4.99. The van der Waals surface area contributed by atoms with E-state index < -0.39 is 35.1 Å². The Balaban J connectivity index is 1.52. The molecule has 2 aliphatic rings. The second-order valence-electron chi connectivity index (χ2n) is 10.8. The fourth-order valence-corrected chi connectivity index (χ4v) is 5.26. The lowest BCUT2D eigenvalue weighted by Crippen LogP contribution is -2.37. The van der Waals surface area contributed by atoms with Crippen LogP contribution in [0.3, 0.4) is 0 Å². The van der Waals surface area contributed by atoms with Crippen LogP contribution in [0.25, 0.3) is 5.65 Å². The van der Waals surface area contributed by atoms with Crippen LogP contribution in [0.4, 0.5) is 15.0 Å². The molecule has 3 aromatic heterocycles. The maximum absolute atomic E-state index is 14.6. The number of fused-ring (bicyclic) bond motifs is 2. The number of hydrogen-bond donors (Lipinski definition) is 1. The smallest absolute Gasteiger partial charge is 0.408 e. The van der Waals surface area contributed by atoms with Crippen molar-refractivity contribution in [2.24, 2.45) is 5.92 Å². The molecule has 1 aliphatic heterocycles. The molecule has 0 aromatic carbocycles. The van der Waals surface area contributed by atoms with E-state index in [1.54, 1.807) is 57.6 Å². The SMILES string of the molecule is CCOC(=O)c1c(N2CCC3CC32c2cc(F)cnc2C#C[C@@H](C)NC(=O)OC(C)(C)C)nn2cccnc12. The zero-order valence-corrected chi connectivity index (χ0v) is 22.6. The van der Waals surface area contributed by atoms with Crippen LogP contribution in [0.5, 0.6) is 0 Å². The first-order valence-electron chi connectivity index (χ1n) is 13.0. The third-order valence-corrected chi connectivity index (χ3v) is 6.83. The van der Waals surface area contributed by atoms with Gasteiger partial charge in [-0.3, -0.25) is 0 Å². The normalized spacial score (nSPS) is 20.6. The van der Waals surface area contributed by atoms with Gasteiger partial charge in [-0.15, -0.1) is 5.10 Å². The van der Waals surface area contributed by atoms with Crippen molar-refractivity contribution < 1.29 is 23.5 Å². The van der Waals surface area contributed by atoms with E-state index in [0.717, 1.165) is 19.0 Å². The van der Waals surface area contributed by atoms with Gasteiger partial charge in [0.2, 0.25) is 0 Å². The van der Waals surface area contributed by atoms with Crippen LogP contribution in [0.15, 0.2) is 30.7 Å². The molecule has 39 heavy (non-hydrogen) atoms. The molecule has 1 amide bonds. The summed E-state index contributed by atoms with van der Waals surface area (Å²) in [5, 5.41) is 7.39. The summed E-state index contributed by atoms with van der Waals surface area (Å²) in [4.78, 5) is 35.9. The minimum Gasteiger partial charge on any atom is -0.462 e. The van der Waals surface area contributed by atoms with Gasteiger partial charge >= 0.3 is 12.1 Å². The summed E-state index contributed by atoms with van der Waals surface area (Å²) in [5.41, 5.74) is 0.441. The molecule has 0 radical (unpaired) electrons. The molecule has 2 unspecified atom stereocenters. The number of carbonyl (C=O) groups is 2.